The second-order valence-electron chi connectivity index (χ2n) is 4.60. The van der Waals surface area contributed by atoms with Gasteiger partial charge in [-0.05, 0) is 17.9 Å². The fourth-order valence-electron chi connectivity index (χ4n) is 2.08. The van der Waals surface area contributed by atoms with E-state index in [9.17, 15) is 9.59 Å². The van der Waals surface area contributed by atoms with Crippen LogP contribution in [0.25, 0.3) is 20.7 Å². The first-order valence-corrected chi connectivity index (χ1v) is 9.25. The number of thioether (sulfide) groups is 1. The molecule has 5 nitrogen and oxygen atoms in total. The molecular weight excluding hydrogens is 338 g/mol. The maximum Gasteiger partial charge on any atom is 0.260 e. The first-order chi connectivity index (χ1) is 10.6. The smallest absolute Gasteiger partial charge is 0.260 e. The fourth-order valence-corrected chi connectivity index (χ4v) is 4.74. The quantitative estimate of drug-likeness (QED) is 0.546. The van der Waals surface area contributed by atoms with E-state index in [1.165, 1.54) is 23.1 Å². The molecule has 1 amide bonds. The lowest BCUT2D eigenvalue weighted by Gasteiger charge is -2.09. The van der Waals surface area contributed by atoms with Crippen LogP contribution in [0.4, 0.5) is 0 Å². The Kier molecular flexibility index (Phi) is 4.32. The molecule has 0 aliphatic heterocycles. The van der Waals surface area contributed by atoms with E-state index < -0.39 is 11.2 Å². The number of nitrogens with zero attached hydrogens (tertiary/aromatic N) is 1. The molecule has 3 heterocycles. The molecule has 0 aliphatic rings. The van der Waals surface area contributed by atoms with Crippen LogP contribution in [0.15, 0.2) is 32.8 Å². The van der Waals surface area contributed by atoms with Crippen LogP contribution < -0.4 is 11.3 Å². The third-order valence-electron chi connectivity index (χ3n) is 3.15. The van der Waals surface area contributed by atoms with Gasteiger partial charge in [0, 0.05) is 15.8 Å². The molecule has 0 aliphatic carbocycles. The third kappa shape index (κ3) is 2.81. The van der Waals surface area contributed by atoms with Crippen LogP contribution in [-0.2, 0) is 4.79 Å². The summed E-state index contributed by atoms with van der Waals surface area (Å²) in [6.07, 6.45) is 0.590. The number of hydrogen-bond donors (Lipinski definition) is 2. The minimum absolute atomic E-state index is 0.184. The molecule has 1 unspecified atom stereocenters. The number of thiophene rings is 2. The van der Waals surface area contributed by atoms with E-state index in [2.05, 4.69) is 9.97 Å². The number of primary amides is 1. The number of aromatic nitrogens is 2. The van der Waals surface area contributed by atoms with E-state index in [-0.39, 0.29) is 5.56 Å². The van der Waals surface area contributed by atoms with Gasteiger partial charge in [0.1, 0.15) is 4.83 Å². The van der Waals surface area contributed by atoms with Crippen molar-refractivity contribution in [3.8, 4) is 10.4 Å². The van der Waals surface area contributed by atoms with Gasteiger partial charge in [-0.3, -0.25) is 9.59 Å². The van der Waals surface area contributed by atoms with Crippen molar-refractivity contribution in [3.63, 3.8) is 0 Å². The van der Waals surface area contributed by atoms with Crippen LogP contribution in [0.1, 0.15) is 13.3 Å². The lowest BCUT2D eigenvalue weighted by Crippen LogP contribution is -2.25. The number of H-pyrrole nitrogens is 1. The lowest BCUT2D eigenvalue weighted by atomic mass is 10.2. The Hall–Kier alpha value is -1.64. The van der Waals surface area contributed by atoms with Crippen molar-refractivity contribution in [2.75, 3.05) is 0 Å². The van der Waals surface area contributed by atoms with E-state index in [0.29, 0.717) is 21.8 Å². The molecule has 0 radical (unpaired) electrons. The number of aromatic amines is 1. The predicted molar refractivity (Wildman–Crippen MR) is 92.7 cm³/mol. The van der Waals surface area contributed by atoms with Crippen molar-refractivity contribution < 1.29 is 4.79 Å². The first-order valence-electron chi connectivity index (χ1n) is 6.61. The largest absolute Gasteiger partial charge is 0.369 e. The van der Waals surface area contributed by atoms with Gasteiger partial charge in [0.05, 0.1) is 10.6 Å². The summed E-state index contributed by atoms with van der Waals surface area (Å²) in [7, 11) is 0. The van der Waals surface area contributed by atoms with E-state index in [1.807, 2.05) is 29.8 Å². The highest BCUT2D eigenvalue weighted by Crippen LogP contribution is 2.34. The van der Waals surface area contributed by atoms with Gasteiger partial charge in [0.15, 0.2) is 5.16 Å². The Morgan fingerprint density at radius 3 is 2.95 bits per heavy atom. The molecule has 114 valence electrons. The summed E-state index contributed by atoms with van der Waals surface area (Å²) in [5.41, 5.74) is 6.06. The van der Waals surface area contributed by atoms with Gasteiger partial charge in [0.2, 0.25) is 5.91 Å². The number of carbonyl (C=O) groups is 1. The number of nitrogens with two attached hydrogens (primary N) is 1. The second kappa shape index (κ2) is 6.23. The van der Waals surface area contributed by atoms with E-state index in [4.69, 9.17) is 5.73 Å². The normalized spacial score (nSPS) is 12.6. The number of nitrogens with one attached hydrogen (secondary N) is 1. The molecule has 0 spiro atoms. The molecule has 0 saturated heterocycles. The number of fused-ring (bicyclic) bond motifs is 1. The van der Waals surface area contributed by atoms with Gasteiger partial charge in [0.25, 0.3) is 5.56 Å². The fraction of sp³-hybridized carbons (Fsp3) is 0.214. The summed E-state index contributed by atoms with van der Waals surface area (Å²) in [6, 6.07) is 3.93. The van der Waals surface area contributed by atoms with Crippen LogP contribution >= 0.6 is 34.4 Å². The van der Waals surface area contributed by atoms with Gasteiger partial charge < -0.3 is 10.7 Å². The summed E-state index contributed by atoms with van der Waals surface area (Å²) in [6.45, 7) is 1.87. The first kappa shape index (κ1) is 15.3. The molecule has 3 rings (SSSR count). The maximum atomic E-state index is 12.4. The van der Waals surface area contributed by atoms with E-state index >= 15 is 0 Å². The molecule has 3 aromatic rings. The topological polar surface area (TPSA) is 88.8 Å². The minimum Gasteiger partial charge on any atom is -0.369 e. The zero-order chi connectivity index (χ0) is 15.7. The van der Waals surface area contributed by atoms with Crippen molar-refractivity contribution in [3.05, 3.63) is 33.2 Å². The molecule has 0 bridgehead atoms. The predicted octanol–water partition coefficient (Wildman–Crippen LogP) is 3.07. The summed E-state index contributed by atoms with van der Waals surface area (Å²) in [4.78, 5) is 32.7. The van der Waals surface area contributed by atoms with Gasteiger partial charge in [-0.2, -0.15) is 0 Å². The van der Waals surface area contributed by atoms with Crippen molar-refractivity contribution in [1.82, 2.24) is 9.97 Å². The third-order valence-corrected chi connectivity index (χ3v) is 6.19. The van der Waals surface area contributed by atoms with Crippen molar-refractivity contribution in [2.24, 2.45) is 5.73 Å². The maximum absolute atomic E-state index is 12.4. The minimum atomic E-state index is -0.402. The van der Waals surface area contributed by atoms with E-state index in [0.717, 1.165) is 10.4 Å². The standard InChI is InChI=1S/C14H13N3O2S3/c1-2-8(11(15)18)22-14-16-12(19)10-7(6-21-13(10)17-14)9-4-3-5-20-9/h3-6,8H,2H2,1H3,(H2,15,18)(H,16,17,19). The molecule has 0 saturated carbocycles. The van der Waals surface area contributed by atoms with Crippen molar-refractivity contribution in [2.45, 2.75) is 23.8 Å². The molecule has 3 aromatic heterocycles. The van der Waals surface area contributed by atoms with Crippen molar-refractivity contribution in [1.29, 1.82) is 0 Å². The average molecular weight is 351 g/mol. The summed E-state index contributed by atoms with van der Waals surface area (Å²) in [5, 5.41) is 4.56. The Labute approximate surface area is 138 Å². The summed E-state index contributed by atoms with van der Waals surface area (Å²) >= 11 is 4.22. The highest BCUT2D eigenvalue weighted by Gasteiger charge is 2.18. The van der Waals surface area contributed by atoms with Crippen LogP contribution in [-0.4, -0.2) is 21.1 Å². The average Bonchev–Trinajstić information content (AvgIpc) is 3.12. The molecule has 0 aromatic carbocycles. The number of amides is 1. The Bertz CT molecular complexity index is 867. The van der Waals surface area contributed by atoms with E-state index in [1.54, 1.807) is 11.3 Å². The monoisotopic (exact) mass is 351 g/mol. The number of rotatable bonds is 5. The summed E-state index contributed by atoms with van der Waals surface area (Å²) in [5.74, 6) is -0.402. The Morgan fingerprint density at radius 1 is 1.50 bits per heavy atom. The second-order valence-corrected chi connectivity index (χ2v) is 7.59. The Morgan fingerprint density at radius 2 is 2.32 bits per heavy atom. The Balaban J connectivity index is 2.04. The lowest BCUT2D eigenvalue weighted by molar-refractivity contribution is -0.117. The molecular formula is C14H13N3O2S3. The highest BCUT2D eigenvalue weighted by atomic mass is 32.2. The molecule has 8 heteroatoms. The summed E-state index contributed by atoms with van der Waals surface area (Å²) < 4.78 is 0. The number of hydrogen-bond acceptors (Lipinski definition) is 6. The van der Waals surface area contributed by atoms with Gasteiger partial charge in [-0.15, -0.1) is 22.7 Å². The van der Waals surface area contributed by atoms with Gasteiger partial charge in [-0.1, -0.05) is 24.8 Å². The van der Waals surface area contributed by atoms with Crippen LogP contribution in [0.5, 0.6) is 0 Å². The van der Waals surface area contributed by atoms with Gasteiger partial charge in [-0.25, -0.2) is 4.98 Å². The highest BCUT2D eigenvalue weighted by molar-refractivity contribution is 8.00. The SMILES string of the molecule is CCC(Sc1nc2scc(-c3cccs3)c2c(=O)[nH]1)C(N)=O. The molecule has 3 N–H and O–H groups in total. The molecule has 0 fully saturated rings. The molecule has 22 heavy (non-hydrogen) atoms. The van der Waals surface area contributed by atoms with Gasteiger partial charge >= 0.3 is 0 Å². The van der Waals surface area contributed by atoms with Crippen molar-refractivity contribution >= 4 is 50.6 Å². The van der Waals surface area contributed by atoms with Crippen LogP contribution in [0.2, 0.25) is 0 Å². The van der Waals surface area contributed by atoms with Crippen LogP contribution in [0.3, 0.4) is 0 Å². The zero-order valence-electron chi connectivity index (χ0n) is 11.7. The van der Waals surface area contributed by atoms with Crippen LogP contribution in [0, 0.1) is 0 Å². The number of carbonyl (C=O) groups excluding carboxylic acids is 1. The molecule has 1 atom stereocenters. The zero-order valence-corrected chi connectivity index (χ0v) is 14.1.